The Morgan fingerprint density at radius 3 is 2.79 bits per heavy atom. The summed E-state index contributed by atoms with van der Waals surface area (Å²) >= 11 is 0. The second-order valence-corrected chi connectivity index (χ2v) is 12.6. The summed E-state index contributed by atoms with van der Waals surface area (Å²) in [6, 6.07) is 12.7. The molecule has 2 aromatic heterocycles. The van der Waals surface area contributed by atoms with Crippen LogP contribution >= 0.6 is 0 Å². The standard InChI is InChI=1S/C32H36FN7O2/c1-2-19-5-3-6-20-11-24(41)12-25(28(19)20)26-13-27-29(38-37-26)30(39-16-22-7-8-23(17-39)34-22)36-31(35-27)42-18-32-9-4-10-40(32)15-21(33)14-32/h3,5-6,11-13,21-23,34,41H,2,4,7-10,14-18H2,1H3/t21-,22?,23?,32+/m1/s1. The fourth-order valence-corrected chi connectivity index (χ4v) is 7.92. The van der Waals surface area contributed by atoms with Gasteiger partial charge in [-0.15, -0.1) is 10.2 Å². The van der Waals surface area contributed by atoms with Crippen LogP contribution in [0, 0.1) is 0 Å². The van der Waals surface area contributed by atoms with Gasteiger partial charge < -0.3 is 20.1 Å². The molecule has 9 nitrogen and oxygen atoms in total. The van der Waals surface area contributed by atoms with Crippen LogP contribution in [0.25, 0.3) is 33.1 Å². The van der Waals surface area contributed by atoms with Crippen molar-refractivity contribution in [1.29, 1.82) is 0 Å². The second-order valence-electron chi connectivity index (χ2n) is 12.6. The van der Waals surface area contributed by atoms with E-state index < -0.39 is 6.17 Å². The number of nitrogens with zero attached hydrogens (tertiary/aromatic N) is 6. The van der Waals surface area contributed by atoms with Crippen LogP contribution in [-0.4, -0.2) is 86.8 Å². The van der Waals surface area contributed by atoms with Gasteiger partial charge in [-0.3, -0.25) is 4.90 Å². The Bertz CT molecular complexity index is 1670. The van der Waals surface area contributed by atoms with Gasteiger partial charge >= 0.3 is 6.01 Å². The molecular formula is C32H36FN7O2. The Kier molecular flexibility index (Phi) is 6.19. The number of fused-ring (bicyclic) bond motifs is 5. The molecule has 42 heavy (non-hydrogen) atoms. The lowest BCUT2D eigenvalue weighted by Crippen LogP contribution is -2.51. The highest BCUT2D eigenvalue weighted by Crippen LogP contribution is 2.41. The SMILES string of the molecule is CCc1cccc2cc(O)cc(-c3cc4nc(OC[C@@]56CCCN5C[C@H](F)C6)nc(N5CC6CCC(C5)N6)c4nn3)c12. The van der Waals surface area contributed by atoms with Gasteiger partial charge in [0.05, 0.1) is 11.2 Å². The summed E-state index contributed by atoms with van der Waals surface area (Å²) in [4.78, 5) is 14.3. The van der Waals surface area contributed by atoms with Crippen LogP contribution < -0.4 is 15.0 Å². The van der Waals surface area contributed by atoms with E-state index >= 15 is 0 Å². The van der Waals surface area contributed by atoms with Gasteiger partial charge in [0.15, 0.2) is 11.3 Å². The molecule has 0 radical (unpaired) electrons. The van der Waals surface area contributed by atoms with Gasteiger partial charge in [-0.2, -0.15) is 9.97 Å². The van der Waals surface area contributed by atoms with Crippen molar-refractivity contribution in [2.75, 3.05) is 37.7 Å². The molecule has 2 unspecified atom stereocenters. The summed E-state index contributed by atoms with van der Waals surface area (Å²) in [6.07, 6.45) is 4.81. The predicted octanol–water partition coefficient (Wildman–Crippen LogP) is 4.40. The smallest absolute Gasteiger partial charge is 0.319 e. The molecule has 4 atom stereocenters. The fraction of sp³-hybridized carbons (Fsp3) is 0.500. The van der Waals surface area contributed by atoms with E-state index in [9.17, 15) is 9.50 Å². The third-order valence-corrected chi connectivity index (χ3v) is 9.85. The molecule has 0 aliphatic carbocycles. The number of piperazine rings is 1. The van der Waals surface area contributed by atoms with Crippen LogP contribution in [0.1, 0.15) is 44.6 Å². The van der Waals surface area contributed by atoms with Crippen molar-refractivity contribution in [3.05, 3.63) is 42.0 Å². The minimum Gasteiger partial charge on any atom is -0.508 e. The quantitative estimate of drug-likeness (QED) is 0.350. The number of phenols is 1. The number of rotatable bonds is 6. The maximum Gasteiger partial charge on any atom is 0.319 e. The monoisotopic (exact) mass is 569 g/mol. The normalized spacial score (nSPS) is 27.3. The summed E-state index contributed by atoms with van der Waals surface area (Å²) in [5.41, 5.74) is 3.63. The number of aromatic nitrogens is 4. The van der Waals surface area contributed by atoms with E-state index in [1.54, 1.807) is 12.1 Å². The molecule has 218 valence electrons. The zero-order valence-corrected chi connectivity index (χ0v) is 23.9. The Hall–Kier alpha value is -3.63. The van der Waals surface area contributed by atoms with Crippen molar-refractivity contribution in [3.8, 4) is 23.0 Å². The van der Waals surface area contributed by atoms with Crippen LogP contribution in [-0.2, 0) is 6.42 Å². The Morgan fingerprint density at radius 1 is 1.10 bits per heavy atom. The predicted molar refractivity (Wildman–Crippen MR) is 160 cm³/mol. The van der Waals surface area contributed by atoms with Crippen molar-refractivity contribution < 1.29 is 14.2 Å². The summed E-state index contributed by atoms with van der Waals surface area (Å²) in [5.74, 6) is 0.914. The van der Waals surface area contributed by atoms with Gasteiger partial charge in [0.25, 0.3) is 0 Å². The third-order valence-electron chi connectivity index (χ3n) is 9.85. The number of hydrogen-bond acceptors (Lipinski definition) is 9. The lowest BCUT2D eigenvalue weighted by molar-refractivity contribution is 0.107. The average Bonchev–Trinajstić information content (AvgIpc) is 3.64. The number of aromatic hydroxyl groups is 1. The summed E-state index contributed by atoms with van der Waals surface area (Å²) < 4.78 is 20.8. The minimum atomic E-state index is -0.818. The Labute approximate surface area is 244 Å². The third kappa shape index (κ3) is 4.34. The zero-order valence-electron chi connectivity index (χ0n) is 23.9. The topological polar surface area (TPSA) is 99.5 Å². The van der Waals surface area contributed by atoms with E-state index in [0.29, 0.717) is 54.4 Å². The molecule has 4 fully saturated rings. The van der Waals surface area contributed by atoms with Crippen molar-refractivity contribution in [1.82, 2.24) is 30.4 Å². The Morgan fingerprint density at radius 2 is 1.95 bits per heavy atom. The van der Waals surface area contributed by atoms with Crippen LogP contribution in [0.3, 0.4) is 0 Å². The largest absolute Gasteiger partial charge is 0.508 e. The van der Waals surface area contributed by atoms with Crippen LogP contribution in [0.2, 0.25) is 0 Å². The van der Waals surface area contributed by atoms with Crippen molar-refractivity contribution in [3.63, 3.8) is 0 Å². The second kappa shape index (κ2) is 9.98. The van der Waals surface area contributed by atoms with E-state index in [2.05, 4.69) is 33.2 Å². The number of phenolic OH excluding ortho intramolecular Hbond substituents is 1. The molecule has 2 aromatic carbocycles. The Balaban J connectivity index is 1.23. The fourth-order valence-electron chi connectivity index (χ4n) is 7.92. The summed E-state index contributed by atoms with van der Waals surface area (Å²) in [5, 5.41) is 25.7. The molecule has 6 heterocycles. The van der Waals surface area contributed by atoms with Gasteiger partial charge in [0, 0.05) is 43.7 Å². The number of ether oxygens (including phenoxy) is 1. The molecule has 8 rings (SSSR count). The first-order chi connectivity index (χ1) is 20.5. The lowest BCUT2D eigenvalue weighted by atomic mass is 9.95. The van der Waals surface area contributed by atoms with Gasteiger partial charge in [0.1, 0.15) is 24.0 Å². The maximum atomic E-state index is 14.4. The van der Waals surface area contributed by atoms with Gasteiger partial charge in [-0.25, -0.2) is 4.39 Å². The number of nitrogens with one attached hydrogen (secondary N) is 1. The average molecular weight is 570 g/mol. The highest BCUT2D eigenvalue weighted by Gasteiger charge is 2.49. The summed E-state index contributed by atoms with van der Waals surface area (Å²) in [7, 11) is 0. The highest BCUT2D eigenvalue weighted by atomic mass is 19.1. The number of anilines is 1. The highest BCUT2D eigenvalue weighted by molar-refractivity contribution is 6.00. The first-order valence-corrected chi connectivity index (χ1v) is 15.3. The van der Waals surface area contributed by atoms with E-state index in [0.717, 1.165) is 73.9 Å². The first-order valence-electron chi connectivity index (χ1n) is 15.3. The van der Waals surface area contributed by atoms with Gasteiger partial charge in [-0.05, 0) is 73.2 Å². The van der Waals surface area contributed by atoms with Crippen LogP contribution in [0.4, 0.5) is 10.2 Å². The molecule has 0 saturated carbocycles. The molecule has 0 amide bonds. The molecule has 4 aliphatic rings. The number of alkyl halides is 1. The molecule has 2 N–H and O–H groups in total. The molecular weight excluding hydrogens is 533 g/mol. The number of hydrogen-bond donors (Lipinski definition) is 2. The number of halogens is 1. The van der Waals surface area contributed by atoms with Crippen LogP contribution in [0.15, 0.2) is 36.4 Å². The van der Waals surface area contributed by atoms with E-state index in [4.69, 9.17) is 19.8 Å². The van der Waals surface area contributed by atoms with Crippen molar-refractivity contribution in [2.24, 2.45) is 0 Å². The zero-order chi connectivity index (χ0) is 28.4. The maximum absolute atomic E-state index is 14.4. The molecule has 4 saturated heterocycles. The molecule has 10 heteroatoms. The molecule has 0 spiro atoms. The van der Waals surface area contributed by atoms with E-state index in [-0.39, 0.29) is 11.3 Å². The van der Waals surface area contributed by atoms with Crippen molar-refractivity contribution >= 4 is 27.6 Å². The van der Waals surface area contributed by atoms with Gasteiger partial charge in [-0.1, -0.05) is 25.1 Å². The summed E-state index contributed by atoms with van der Waals surface area (Å²) in [6.45, 7) is 5.56. The molecule has 4 aromatic rings. The number of benzene rings is 2. The minimum absolute atomic E-state index is 0.180. The lowest BCUT2D eigenvalue weighted by Gasteiger charge is -2.34. The first kappa shape index (κ1) is 26.0. The molecule has 2 bridgehead atoms. The van der Waals surface area contributed by atoms with E-state index in [1.165, 1.54) is 5.56 Å². The van der Waals surface area contributed by atoms with Crippen LogP contribution in [0.5, 0.6) is 11.8 Å². The van der Waals surface area contributed by atoms with Gasteiger partial charge in [0.2, 0.25) is 0 Å². The van der Waals surface area contributed by atoms with Crippen molar-refractivity contribution in [2.45, 2.75) is 69.2 Å². The number of aryl methyl sites for hydroxylation is 1. The molecule has 4 aliphatic heterocycles. The van der Waals surface area contributed by atoms with E-state index in [1.807, 2.05) is 18.2 Å².